The van der Waals surface area contributed by atoms with Gasteiger partial charge in [-0.1, -0.05) is 29.3 Å². The van der Waals surface area contributed by atoms with Crippen LogP contribution in [-0.2, 0) is 6.54 Å². The Bertz CT molecular complexity index is 576. The molecule has 0 radical (unpaired) electrons. The third kappa shape index (κ3) is 2.84. The van der Waals surface area contributed by atoms with Crippen LogP contribution in [0.5, 0.6) is 0 Å². The number of hydrogen-bond donors (Lipinski definition) is 0. The Morgan fingerprint density at radius 1 is 0.941 bits per heavy atom. The van der Waals surface area contributed by atoms with Crippen LogP contribution in [0, 0.1) is 20.8 Å². The number of aromatic nitrogens is 1. The molecule has 0 aliphatic rings. The average molecular weight is 227 g/mol. The standard InChI is InChI=1S/C15H17NO/c1-11-4-5-16(15(17)9-11)10-14-7-12(2)6-13(3)8-14/h4-9H,10H2,1-3H3. The number of nitrogens with zero attached hydrogens (tertiary/aromatic N) is 1. The summed E-state index contributed by atoms with van der Waals surface area (Å²) in [5.74, 6) is 0. The normalized spacial score (nSPS) is 10.5. The van der Waals surface area contributed by atoms with E-state index in [9.17, 15) is 4.79 Å². The SMILES string of the molecule is Cc1cc(C)cc(Cn2ccc(C)cc2=O)c1. The summed E-state index contributed by atoms with van der Waals surface area (Å²) in [7, 11) is 0. The quantitative estimate of drug-likeness (QED) is 0.773. The minimum atomic E-state index is 0.0594. The molecule has 0 saturated carbocycles. The van der Waals surface area contributed by atoms with Crippen molar-refractivity contribution in [2.45, 2.75) is 27.3 Å². The molecule has 1 heterocycles. The van der Waals surface area contributed by atoms with Crippen molar-refractivity contribution in [1.82, 2.24) is 4.57 Å². The molecule has 0 amide bonds. The Morgan fingerprint density at radius 2 is 1.59 bits per heavy atom. The molecule has 2 rings (SSSR count). The highest BCUT2D eigenvalue weighted by Gasteiger charge is 2.00. The molecule has 0 N–H and O–H groups in total. The molecule has 0 unspecified atom stereocenters. The summed E-state index contributed by atoms with van der Waals surface area (Å²) in [5, 5.41) is 0. The van der Waals surface area contributed by atoms with Crippen molar-refractivity contribution >= 4 is 0 Å². The van der Waals surface area contributed by atoms with Crippen LogP contribution >= 0.6 is 0 Å². The third-order valence-electron chi connectivity index (χ3n) is 2.79. The van der Waals surface area contributed by atoms with Crippen molar-refractivity contribution in [2.24, 2.45) is 0 Å². The van der Waals surface area contributed by atoms with E-state index in [1.165, 1.54) is 16.7 Å². The van der Waals surface area contributed by atoms with Crippen LogP contribution in [0.15, 0.2) is 41.3 Å². The smallest absolute Gasteiger partial charge is 0.251 e. The zero-order valence-corrected chi connectivity index (χ0v) is 10.5. The van der Waals surface area contributed by atoms with E-state index in [0.717, 1.165) is 5.56 Å². The zero-order valence-electron chi connectivity index (χ0n) is 10.5. The van der Waals surface area contributed by atoms with Gasteiger partial charge in [-0.15, -0.1) is 0 Å². The molecule has 0 atom stereocenters. The maximum atomic E-state index is 11.8. The molecule has 1 aromatic heterocycles. The van der Waals surface area contributed by atoms with E-state index in [0.29, 0.717) is 6.54 Å². The van der Waals surface area contributed by atoms with Crippen molar-refractivity contribution in [2.75, 3.05) is 0 Å². The summed E-state index contributed by atoms with van der Waals surface area (Å²) in [4.78, 5) is 11.8. The van der Waals surface area contributed by atoms with Gasteiger partial charge in [0, 0.05) is 12.3 Å². The summed E-state index contributed by atoms with van der Waals surface area (Å²) in [6.07, 6.45) is 1.86. The molecule has 1 aromatic carbocycles. The predicted octanol–water partition coefficient (Wildman–Crippen LogP) is 2.82. The monoisotopic (exact) mass is 227 g/mol. The lowest BCUT2D eigenvalue weighted by atomic mass is 10.1. The molecule has 0 fully saturated rings. The lowest BCUT2D eigenvalue weighted by Crippen LogP contribution is -2.19. The molecule has 17 heavy (non-hydrogen) atoms. The second-order valence-corrected chi connectivity index (χ2v) is 4.67. The molecule has 0 aliphatic carbocycles. The van der Waals surface area contributed by atoms with Gasteiger partial charge in [0.05, 0.1) is 6.54 Å². The van der Waals surface area contributed by atoms with Crippen LogP contribution in [0.3, 0.4) is 0 Å². The molecule has 2 heteroatoms. The minimum absolute atomic E-state index is 0.0594. The van der Waals surface area contributed by atoms with Gasteiger partial charge >= 0.3 is 0 Å². The number of benzene rings is 1. The molecular weight excluding hydrogens is 210 g/mol. The fourth-order valence-electron chi connectivity index (χ4n) is 2.09. The van der Waals surface area contributed by atoms with Gasteiger partial charge in [-0.2, -0.15) is 0 Å². The topological polar surface area (TPSA) is 22.0 Å². The van der Waals surface area contributed by atoms with E-state index in [1.54, 1.807) is 10.6 Å². The Hall–Kier alpha value is -1.83. The van der Waals surface area contributed by atoms with Gasteiger partial charge in [0.1, 0.15) is 0 Å². The predicted molar refractivity (Wildman–Crippen MR) is 70.5 cm³/mol. The number of pyridine rings is 1. The van der Waals surface area contributed by atoms with E-state index in [1.807, 2.05) is 19.2 Å². The molecule has 2 aromatic rings. The second kappa shape index (κ2) is 4.58. The first kappa shape index (κ1) is 11.6. The van der Waals surface area contributed by atoms with Crippen LogP contribution in [-0.4, -0.2) is 4.57 Å². The highest BCUT2D eigenvalue weighted by molar-refractivity contribution is 5.28. The number of rotatable bonds is 2. The molecular formula is C15H17NO. The van der Waals surface area contributed by atoms with Crippen molar-refractivity contribution in [3.8, 4) is 0 Å². The van der Waals surface area contributed by atoms with Crippen LogP contribution < -0.4 is 5.56 Å². The van der Waals surface area contributed by atoms with E-state index in [4.69, 9.17) is 0 Å². The van der Waals surface area contributed by atoms with Gasteiger partial charge in [0.25, 0.3) is 5.56 Å². The van der Waals surface area contributed by atoms with Gasteiger partial charge in [-0.25, -0.2) is 0 Å². The van der Waals surface area contributed by atoms with Crippen LogP contribution in [0.4, 0.5) is 0 Å². The fraction of sp³-hybridized carbons (Fsp3) is 0.267. The highest BCUT2D eigenvalue weighted by atomic mass is 16.1. The van der Waals surface area contributed by atoms with Crippen LogP contribution in [0.2, 0.25) is 0 Å². The lowest BCUT2D eigenvalue weighted by molar-refractivity contribution is 0.756. The zero-order chi connectivity index (χ0) is 12.4. The first-order valence-electron chi connectivity index (χ1n) is 5.79. The molecule has 0 saturated heterocycles. The van der Waals surface area contributed by atoms with Crippen molar-refractivity contribution in [3.05, 3.63) is 69.1 Å². The average Bonchev–Trinajstić information content (AvgIpc) is 2.21. The molecule has 0 aliphatic heterocycles. The molecule has 88 valence electrons. The lowest BCUT2D eigenvalue weighted by Gasteiger charge is -2.08. The van der Waals surface area contributed by atoms with Gasteiger partial charge in [0.15, 0.2) is 0 Å². The first-order chi connectivity index (χ1) is 8.04. The summed E-state index contributed by atoms with van der Waals surface area (Å²) in [6, 6.07) is 10.0. The number of hydrogen-bond acceptors (Lipinski definition) is 1. The van der Waals surface area contributed by atoms with E-state index in [2.05, 4.69) is 32.0 Å². The summed E-state index contributed by atoms with van der Waals surface area (Å²) >= 11 is 0. The van der Waals surface area contributed by atoms with E-state index in [-0.39, 0.29) is 5.56 Å². The fourth-order valence-corrected chi connectivity index (χ4v) is 2.09. The van der Waals surface area contributed by atoms with Crippen LogP contribution in [0.1, 0.15) is 22.3 Å². The van der Waals surface area contributed by atoms with E-state index < -0.39 is 0 Å². The maximum absolute atomic E-state index is 11.8. The van der Waals surface area contributed by atoms with Gasteiger partial charge < -0.3 is 4.57 Å². The van der Waals surface area contributed by atoms with Crippen molar-refractivity contribution in [3.63, 3.8) is 0 Å². The van der Waals surface area contributed by atoms with Crippen molar-refractivity contribution in [1.29, 1.82) is 0 Å². The maximum Gasteiger partial charge on any atom is 0.251 e. The minimum Gasteiger partial charge on any atom is -0.311 e. The molecule has 0 spiro atoms. The van der Waals surface area contributed by atoms with Gasteiger partial charge in [-0.3, -0.25) is 4.79 Å². The Morgan fingerprint density at radius 3 is 2.18 bits per heavy atom. The van der Waals surface area contributed by atoms with Gasteiger partial charge in [-0.05, 0) is 38.0 Å². The first-order valence-corrected chi connectivity index (χ1v) is 5.79. The summed E-state index contributed by atoms with van der Waals surface area (Å²) < 4.78 is 1.74. The second-order valence-electron chi connectivity index (χ2n) is 4.67. The highest BCUT2D eigenvalue weighted by Crippen LogP contribution is 2.09. The van der Waals surface area contributed by atoms with Crippen LogP contribution in [0.25, 0.3) is 0 Å². The Labute approximate surface area is 102 Å². The summed E-state index contributed by atoms with van der Waals surface area (Å²) in [6.45, 7) is 6.73. The van der Waals surface area contributed by atoms with Gasteiger partial charge in [0.2, 0.25) is 0 Å². The summed E-state index contributed by atoms with van der Waals surface area (Å²) in [5.41, 5.74) is 4.71. The number of aryl methyl sites for hydroxylation is 3. The van der Waals surface area contributed by atoms with E-state index >= 15 is 0 Å². The molecule has 0 bridgehead atoms. The van der Waals surface area contributed by atoms with Crippen molar-refractivity contribution < 1.29 is 0 Å². The molecule has 2 nitrogen and oxygen atoms in total. The largest absolute Gasteiger partial charge is 0.311 e. The Kier molecular flexibility index (Phi) is 3.14. The Balaban J connectivity index is 2.34. The third-order valence-corrected chi connectivity index (χ3v) is 2.79.